The van der Waals surface area contributed by atoms with E-state index in [1.54, 1.807) is 39.8 Å². The summed E-state index contributed by atoms with van der Waals surface area (Å²) in [5, 5.41) is 22.6. The largest absolute Gasteiger partial charge is 0.378 e. The molecule has 4 heterocycles. The van der Waals surface area contributed by atoms with E-state index in [1.807, 2.05) is 22.4 Å². The van der Waals surface area contributed by atoms with Crippen LogP contribution in [0.4, 0.5) is 11.4 Å². The Balaban J connectivity index is 1.38. The van der Waals surface area contributed by atoms with E-state index in [9.17, 15) is 14.9 Å². The lowest BCUT2D eigenvalue weighted by Gasteiger charge is -2.29. The fourth-order valence-corrected chi connectivity index (χ4v) is 7.01. The molecule has 2 aromatic heterocycles. The zero-order valence-electron chi connectivity index (χ0n) is 20.1. The SMILES string of the molecule is O=C(c1ccc(N2CCOCC2)c([N+](=O)[O-])c1)N1N=C2/C(=C\c3cccs3)CCCC2C1c1cccs1. The second-order valence-electron chi connectivity index (χ2n) is 9.34. The fraction of sp³-hybridized carbons (Fsp3) is 0.333. The number of hydrogen-bond acceptors (Lipinski definition) is 8. The van der Waals surface area contributed by atoms with Crippen molar-refractivity contribution in [2.75, 3.05) is 31.2 Å². The molecule has 10 heteroatoms. The molecule has 2 aliphatic heterocycles. The number of carbonyl (C=O) groups is 1. The number of nitro groups is 1. The molecule has 1 saturated heterocycles. The monoisotopic (exact) mass is 534 g/mol. The topological polar surface area (TPSA) is 88.3 Å². The molecule has 1 saturated carbocycles. The summed E-state index contributed by atoms with van der Waals surface area (Å²) in [5.74, 6) is -0.211. The van der Waals surface area contributed by atoms with Gasteiger partial charge in [-0.1, -0.05) is 12.1 Å². The van der Waals surface area contributed by atoms with E-state index < -0.39 is 4.92 Å². The lowest BCUT2D eigenvalue weighted by molar-refractivity contribution is -0.384. The van der Waals surface area contributed by atoms with Gasteiger partial charge in [-0.2, -0.15) is 5.10 Å². The Morgan fingerprint density at radius 2 is 1.95 bits per heavy atom. The van der Waals surface area contributed by atoms with E-state index in [2.05, 4.69) is 23.6 Å². The standard InChI is InChI=1S/C27H26N4O4S2/c32-27(19-8-9-22(23(17-19)31(33)34)29-10-12-35-13-11-29)30-26(24-7-3-15-37-24)21-6-1-4-18(25(21)28-30)16-20-5-2-14-36-20/h2-3,5,7-9,14-17,21,26H,1,4,6,10-13H2/b18-16-. The fourth-order valence-electron chi connectivity index (χ4n) is 5.46. The van der Waals surface area contributed by atoms with E-state index in [0.29, 0.717) is 32.0 Å². The van der Waals surface area contributed by atoms with E-state index in [0.717, 1.165) is 29.9 Å². The summed E-state index contributed by atoms with van der Waals surface area (Å²) in [6.45, 7) is 2.20. The van der Waals surface area contributed by atoms with E-state index in [1.165, 1.54) is 16.5 Å². The third-order valence-corrected chi connectivity index (χ3v) is 8.94. The maximum Gasteiger partial charge on any atom is 0.293 e. The van der Waals surface area contributed by atoms with Crippen LogP contribution in [0.25, 0.3) is 6.08 Å². The summed E-state index contributed by atoms with van der Waals surface area (Å²) in [7, 11) is 0. The van der Waals surface area contributed by atoms with Gasteiger partial charge in [0.15, 0.2) is 0 Å². The van der Waals surface area contributed by atoms with Gasteiger partial charge in [-0.15, -0.1) is 22.7 Å². The number of benzene rings is 1. The molecule has 1 aromatic carbocycles. The predicted molar refractivity (Wildman–Crippen MR) is 146 cm³/mol. The van der Waals surface area contributed by atoms with E-state index >= 15 is 0 Å². The molecule has 0 spiro atoms. The van der Waals surface area contributed by atoms with Crippen LogP contribution in [0.1, 0.15) is 45.4 Å². The maximum atomic E-state index is 13.9. The number of nitrogens with zero attached hydrogens (tertiary/aromatic N) is 4. The van der Waals surface area contributed by atoms with Crippen LogP contribution >= 0.6 is 22.7 Å². The van der Waals surface area contributed by atoms with Gasteiger partial charge in [-0.25, -0.2) is 5.01 Å². The van der Waals surface area contributed by atoms with Crippen molar-refractivity contribution in [1.82, 2.24) is 5.01 Å². The summed E-state index contributed by atoms with van der Waals surface area (Å²) in [6, 6.07) is 12.7. The number of ether oxygens (including phenoxy) is 1. The zero-order valence-corrected chi connectivity index (χ0v) is 21.7. The highest BCUT2D eigenvalue weighted by molar-refractivity contribution is 7.11. The minimum atomic E-state index is -0.407. The maximum absolute atomic E-state index is 13.9. The van der Waals surface area contributed by atoms with Crippen LogP contribution in [-0.4, -0.2) is 47.9 Å². The molecule has 0 radical (unpaired) electrons. The molecule has 190 valence electrons. The average molecular weight is 535 g/mol. The van der Waals surface area contributed by atoms with Crippen LogP contribution in [0.2, 0.25) is 0 Å². The Labute approximate surface area is 222 Å². The van der Waals surface area contributed by atoms with Gasteiger partial charge in [-0.05, 0) is 65.9 Å². The Morgan fingerprint density at radius 3 is 2.68 bits per heavy atom. The molecule has 2 fully saturated rings. The Kier molecular flexibility index (Phi) is 6.62. The normalized spacial score (nSPS) is 22.7. The molecule has 37 heavy (non-hydrogen) atoms. The summed E-state index contributed by atoms with van der Waals surface area (Å²) < 4.78 is 5.40. The number of thiophene rings is 2. The average Bonchev–Trinajstić information content (AvgIpc) is 3.70. The van der Waals surface area contributed by atoms with Gasteiger partial charge in [0.2, 0.25) is 0 Å². The molecule has 3 aromatic rings. The van der Waals surface area contributed by atoms with Gasteiger partial charge in [0, 0.05) is 40.4 Å². The first-order chi connectivity index (χ1) is 18.1. The summed E-state index contributed by atoms with van der Waals surface area (Å²) in [5.41, 5.74) is 2.86. The summed E-state index contributed by atoms with van der Waals surface area (Å²) >= 11 is 3.30. The van der Waals surface area contributed by atoms with Crippen LogP contribution in [0.3, 0.4) is 0 Å². The van der Waals surface area contributed by atoms with Crippen molar-refractivity contribution in [1.29, 1.82) is 0 Å². The quantitative estimate of drug-likeness (QED) is 0.296. The van der Waals surface area contributed by atoms with E-state index in [4.69, 9.17) is 9.84 Å². The highest BCUT2D eigenvalue weighted by Gasteiger charge is 2.44. The highest BCUT2D eigenvalue weighted by atomic mass is 32.1. The molecule has 2 atom stereocenters. The molecule has 0 bridgehead atoms. The molecular weight excluding hydrogens is 508 g/mol. The first kappa shape index (κ1) is 24.0. The smallest absolute Gasteiger partial charge is 0.293 e. The van der Waals surface area contributed by atoms with Gasteiger partial charge >= 0.3 is 0 Å². The van der Waals surface area contributed by atoms with Crippen LogP contribution < -0.4 is 4.90 Å². The second kappa shape index (κ2) is 10.2. The number of rotatable bonds is 5. The van der Waals surface area contributed by atoms with Crippen molar-refractivity contribution in [2.45, 2.75) is 25.3 Å². The number of carbonyl (C=O) groups excluding carboxylic acids is 1. The van der Waals surface area contributed by atoms with Crippen LogP contribution in [0.15, 0.2) is 63.9 Å². The number of amides is 1. The zero-order chi connectivity index (χ0) is 25.4. The van der Waals surface area contributed by atoms with Gasteiger partial charge in [0.1, 0.15) is 5.69 Å². The molecule has 6 rings (SSSR count). The summed E-state index contributed by atoms with van der Waals surface area (Å²) in [6.07, 6.45) is 5.09. The molecule has 1 amide bonds. The first-order valence-electron chi connectivity index (χ1n) is 12.4. The third kappa shape index (κ3) is 4.60. The lowest BCUT2D eigenvalue weighted by atomic mass is 9.79. The molecule has 3 aliphatic rings. The van der Waals surface area contributed by atoms with Crippen LogP contribution in [-0.2, 0) is 4.74 Å². The Bertz CT molecular complexity index is 1360. The van der Waals surface area contributed by atoms with Crippen molar-refractivity contribution in [2.24, 2.45) is 11.0 Å². The van der Waals surface area contributed by atoms with Crippen molar-refractivity contribution in [3.63, 3.8) is 0 Å². The molecule has 1 aliphatic carbocycles. The van der Waals surface area contributed by atoms with Crippen molar-refractivity contribution >= 4 is 51.7 Å². The molecule has 8 nitrogen and oxygen atoms in total. The number of allylic oxidation sites excluding steroid dienone is 1. The predicted octanol–water partition coefficient (Wildman–Crippen LogP) is 5.99. The minimum absolute atomic E-state index is 0.0667. The first-order valence-corrected chi connectivity index (χ1v) is 14.2. The number of fused-ring (bicyclic) bond motifs is 1. The number of anilines is 1. The van der Waals surface area contributed by atoms with Crippen molar-refractivity contribution < 1.29 is 14.5 Å². The lowest BCUT2D eigenvalue weighted by Crippen LogP contribution is -2.36. The Hall–Kier alpha value is -3.34. The highest BCUT2D eigenvalue weighted by Crippen LogP contribution is 2.46. The molecular formula is C27H26N4O4S2. The number of hydrazone groups is 1. The van der Waals surface area contributed by atoms with Crippen molar-refractivity contribution in [3.8, 4) is 0 Å². The van der Waals surface area contributed by atoms with Gasteiger partial charge in [0.25, 0.3) is 11.6 Å². The summed E-state index contributed by atoms with van der Waals surface area (Å²) in [4.78, 5) is 29.7. The number of nitro benzene ring substituents is 1. The third-order valence-electron chi connectivity index (χ3n) is 7.17. The van der Waals surface area contributed by atoms with Gasteiger partial charge in [-0.3, -0.25) is 14.9 Å². The number of morpholine rings is 1. The number of hydrogen-bond donors (Lipinski definition) is 0. The Morgan fingerprint density at radius 1 is 1.14 bits per heavy atom. The molecule has 2 unspecified atom stereocenters. The van der Waals surface area contributed by atoms with Gasteiger partial charge < -0.3 is 9.64 Å². The minimum Gasteiger partial charge on any atom is -0.378 e. The second-order valence-corrected chi connectivity index (χ2v) is 11.3. The van der Waals surface area contributed by atoms with Crippen molar-refractivity contribution in [3.05, 3.63) is 84.2 Å². The van der Waals surface area contributed by atoms with Gasteiger partial charge in [0.05, 0.1) is 29.9 Å². The van der Waals surface area contributed by atoms with E-state index in [-0.39, 0.29) is 29.1 Å². The van der Waals surface area contributed by atoms with Crippen LogP contribution in [0, 0.1) is 16.0 Å². The molecule has 0 N–H and O–H groups in total. The van der Waals surface area contributed by atoms with Crippen LogP contribution in [0.5, 0.6) is 0 Å².